The third-order valence-electron chi connectivity index (χ3n) is 15.6. The molecule has 0 fully saturated rings. The van der Waals surface area contributed by atoms with Gasteiger partial charge in [-0.05, 0) is 147 Å². The topological polar surface area (TPSA) is 36.1 Å². The summed E-state index contributed by atoms with van der Waals surface area (Å²) in [6, 6.07) is 96.5. The van der Waals surface area contributed by atoms with Crippen LogP contribution in [0.2, 0.25) is 0 Å². The second-order valence-corrected chi connectivity index (χ2v) is 20.0. The molecule has 0 atom stereocenters. The summed E-state index contributed by atoms with van der Waals surface area (Å²) in [7, 11) is 0. The quantitative estimate of drug-likeness (QED) is 0.160. The molecule has 354 valence electrons. The molecule has 4 heteroatoms. The molecule has 0 amide bonds. The van der Waals surface area contributed by atoms with E-state index in [2.05, 4.69) is 270 Å². The van der Waals surface area contributed by atoms with Crippen molar-refractivity contribution < 1.29 is 8.83 Å². The number of furan rings is 2. The van der Waals surface area contributed by atoms with Crippen LogP contribution in [-0.2, 0) is 0 Å². The molecule has 0 saturated heterocycles. The smallest absolute Gasteiger partial charge is 0.145 e. The molecule has 0 aliphatic rings. The predicted molar refractivity (Wildman–Crippen MR) is 317 cm³/mol. The highest BCUT2D eigenvalue weighted by Gasteiger charge is 2.22. The molecular formula is C72H44N2O2. The highest BCUT2D eigenvalue weighted by molar-refractivity contribution is 6.24. The van der Waals surface area contributed by atoms with Crippen LogP contribution in [0.25, 0.3) is 154 Å². The van der Waals surface area contributed by atoms with E-state index in [-0.39, 0.29) is 0 Å². The Hall–Kier alpha value is -10.2. The Kier molecular flexibility index (Phi) is 9.30. The van der Waals surface area contributed by atoms with Gasteiger partial charge in [0.1, 0.15) is 22.3 Å². The van der Waals surface area contributed by atoms with E-state index in [1.165, 1.54) is 33.0 Å². The lowest BCUT2D eigenvalue weighted by Gasteiger charge is -2.14. The monoisotopic (exact) mass is 968 g/mol. The molecule has 0 aliphatic carbocycles. The average Bonchev–Trinajstić information content (AvgIpc) is 4.26. The van der Waals surface area contributed by atoms with E-state index in [9.17, 15) is 0 Å². The van der Waals surface area contributed by atoms with Crippen LogP contribution in [0.4, 0.5) is 0 Å². The largest absolute Gasteiger partial charge is 0.456 e. The first-order chi connectivity index (χ1) is 37.6. The Morgan fingerprint density at radius 1 is 0.211 bits per heavy atom. The fourth-order valence-corrected chi connectivity index (χ4v) is 12.1. The van der Waals surface area contributed by atoms with E-state index < -0.39 is 0 Å². The highest BCUT2D eigenvalue weighted by Crippen LogP contribution is 2.44. The van der Waals surface area contributed by atoms with Gasteiger partial charge in [0.2, 0.25) is 0 Å². The number of hydrogen-bond donors (Lipinski definition) is 0. The van der Waals surface area contributed by atoms with Crippen LogP contribution in [0.15, 0.2) is 276 Å². The van der Waals surface area contributed by atoms with Crippen molar-refractivity contribution in [3.8, 4) is 67.0 Å². The molecule has 4 nitrogen and oxygen atoms in total. The Bertz CT molecular complexity index is 4920. The van der Waals surface area contributed by atoms with E-state index in [1.807, 2.05) is 6.07 Å². The van der Waals surface area contributed by atoms with Gasteiger partial charge in [0.15, 0.2) is 0 Å². The molecule has 0 unspecified atom stereocenters. The van der Waals surface area contributed by atoms with Crippen LogP contribution in [0.3, 0.4) is 0 Å². The zero-order valence-corrected chi connectivity index (χ0v) is 41.1. The zero-order chi connectivity index (χ0) is 49.8. The summed E-state index contributed by atoms with van der Waals surface area (Å²) >= 11 is 0. The van der Waals surface area contributed by atoms with Gasteiger partial charge in [0.05, 0.1) is 27.5 Å². The fraction of sp³-hybridized carbons (Fsp3) is 0. The summed E-state index contributed by atoms with van der Waals surface area (Å²) in [6.07, 6.45) is 0. The van der Waals surface area contributed by atoms with Gasteiger partial charge in [-0.2, -0.15) is 0 Å². The molecule has 0 N–H and O–H groups in total. The minimum absolute atomic E-state index is 0.858. The first-order valence-electron chi connectivity index (χ1n) is 26.0. The average molecular weight is 969 g/mol. The number of fused-ring (bicyclic) bond motifs is 13. The van der Waals surface area contributed by atoms with Crippen LogP contribution in [0.1, 0.15) is 0 Å². The summed E-state index contributed by atoms with van der Waals surface area (Å²) in [6.45, 7) is 0. The van der Waals surface area contributed by atoms with Gasteiger partial charge in [0.25, 0.3) is 0 Å². The van der Waals surface area contributed by atoms with E-state index in [0.717, 1.165) is 121 Å². The minimum atomic E-state index is 0.858. The van der Waals surface area contributed by atoms with Gasteiger partial charge in [-0.25, -0.2) is 0 Å². The van der Waals surface area contributed by atoms with Gasteiger partial charge in [-0.15, -0.1) is 0 Å². The summed E-state index contributed by atoms with van der Waals surface area (Å²) in [5.74, 6) is 0. The standard InChI is InChI=1S/C72H44N2O2/c1-4-17-45(18-5-1)51-36-52(46-19-6-2-7-20-46)40-56(39-51)74-64-28-13-10-25-57(64)62-43-63-59-32-31-50(42-69(59)75-70(63)44-67(62)74)48-23-16-24-49(35-48)54-37-53(47-21-8-3-9-22-47)38-55(41-54)73-65-29-14-11-27-61(65)71-66(73)34-33-60-58-26-12-15-30-68(58)76-72(60)71/h1-44H. The third-order valence-corrected chi connectivity index (χ3v) is 15.6. The fourth-order valence-electron chi connectivity index (χ4n) is 12.1. The molecule has 4 aromatic heterocycles. The molecule has 0 radical (unpaired) electrons. The zero-order valence-electron chi connectivity index (χ0n) is 41.1. The van der Waals surface area contributed by atoms with Crippen LogP contribution >= 0.6 is 0 Å². The van der Waals surface area contributed by atoms with Crippen LogP contribution in [0, 0.1) is 0 Å². The molecule has 4 heterocycles. The first kappa shape index (κ1) is 42.4. The van der Waals surface area contributed by atoms with Crippen molar-refractivity contribution in [3.05, 3.63) is 267 Å². The maximum Gasteiger partial charge on any atom is 0.145 e. The van der Waals surface area contributed by atoms with Crippen molar-refractivity contribution in [3.63, 3.8) is 0 Å². The molecule has 0 spiro atoms. The van der Waals surface area contributed by atoms with E-state index in [0.29, 0.717) is 0 Å². The molecule has 0 saturated carbocycles. The number of aromatic nitrogens is 2. The van der Waals surface area contributed by atoms with Gasteiger partial charge in [-0.3, -0.25) is 0 Å². The third kappa shape index (κ3) is 6.64. The summed E-state index contributed by atoms with van der Waals surface area (Å²) in [4.78, 5) is 0. The van der Waals surface area contributed by atoms with Crippen molar-refractivity contribution in [2.45, 2.75) is 0 Å². The lowest BCUT2D eigenvalue weighted by Crippen LogP contribution is -1.96. The Labute approximate surface area is 437 Å². The minimum Gasteiger partial charge on any atom is -0.456 e. The van der Waals surface area contributed by atoms with Crippen molar-refractivity contribution in [1.29, 1.82) is 0 Å². The second-order valence-electron chi connectivity index (χ2n) is 20.0. The maximum absolute atomic E-state index is 6.92. The lowest BCUT2D eigenvalue weighted by atomic mass is 9.95. The van der Waals surface area contributed by atoms with Crippen molar-refractivity contribution in [2.24, 2.45) is 0 Å². The molecule has 12 aromatic carbocycles. The van der Waals surface area contributed by atoms with E-state index in [4.69, 9.17) is 8.83 Å². The molecule has 0 aliphatic heterocycles. The number of rotatable bonds is 7. The van der Waals surface area contributed by atoms with Crippen molar-refractivity contribution in [2.75, 3.05) is 0 Å². The van der Waals surface area contributed by atoms with E-state index in [1.54, 1.807) is 0 Å². The number of para-hydroxylation sites is 3. The maximum atomic E-state index is 6.92. The Balaban J connectivity index is 0.830. The van der Waals surface area contributed by atoms with Crippen molar-refractivity contribution in [1.82, 2.24) is 9.13 Å². The van der Waals surface area contributed by atoms with Gasteiger partial charge in [-0.1, -0.05) is 170 Å². The molecule has 16 aromatic rings. The normalized spacial score (nSPS) is 11.9. The van der Waals surface area contributed by atoms with Crippen molar-refractivity contribution >= 4 is 87.5 Å². The van der Waals surface area contributed by atoms with Crippen LogP contribution < -0.4 is 0 Å². The summed E-state index contributed by atoms with van der Waals surface area (Å²) < 4.78 is 18.4. The predicted octanol–water partition coefficient (Wildman–Crippen LogP) is 20.0. The van der Waals surface area contributed by atoms with Crippen LogP contribution in [0.5, 0.6) is 0 Å². The van der Waals surface area contributed by atoms with Crippen LogP contribution in [-0.4, -0.2) is 9.13 Å². The lowest BCUT2D eigenvalue weighted by molar-refractivity contribution is 0.669. The number of hydrogen-bond acceptors (Lipinski definition) is 2. The Morgan fingerprint density at radius 3 is 1.33 bits per heavy atom. The van der Waals surface area contributed by atoms with Gasteiger partial charge in [0, 0.05) is 55.1 Å². The highest BCUT2D eigenvalue weighted by atomic mass is 16.3. The first-order valence-corrected chi connectivity index (χ1v) is 26.0. The summed E-state index contributed by atoms with van der Waals surface area (Å²) in [5.41, 5.74) is 21.7. The van der Waals surface area contributed by atoms with Gasteiger partial charge >= 0.3 is 0 Å². The number of benzene rings is 12. The molecular weight excluding hydrogens is 925 g/mol. The van der Waals surface area contributed by atoms with Gasteiger partial charge < -0.3 is 18.0 Å². The Morgan fingerprint density at radius 2 is 0.671 bits per heavy atom. The van der Waals surface area contributed by atoms with E-state index >= 15 is 0 Å². The number of nitrogens with zero attached hydrogens (tertiary/aromatic N) is 2. The molecule has 76 heavy (non-hydrogen) atoms. The molecule has 16 rings (SSSR count). The second kappa shape index (κ2) is 16.7. The molecule has 0 bridgehead atoms. The SMILES string of the molecule is c1ccc(-c2cc(-c3ccccc3)cc(-n3c4ccccc4c4cc5c(cc43)oc3cc(-c4cccc(-c6cc(-c7ccccc7)cc(-n7c8ccccc8c8c9oc%10ccccc%10c9ccc87)c6)c4)ccc35)c2)cc1. The summed E-state index contributed by atoms with van der Waals surface area (Å²) in [5, 5.41) is 9.13.